The van der Waals surface area contributed by atoms with Crippen molar-refractivity contribution in [3.8, 4) is 21.7 Å². The zero-order chi connectivity index (χ0) is 26.3. The average molecular weight is 532 g/mol. The number of anilines is 2. The van der Waals surface area contributed by atoms with Crippen LogP contribution in [-0.4, -0.2) is 71.4 Å². The Labute approximate surface area is 223 Å². The number of nitrogens with zero attached hydrogens (tertiary/aromatic N) is 5. The second-order valence-electron chi connectivity index (χ2n) is 8.64. The lowest BCUT2D eigenvalue weighted by atomic mass is 10.00. The number of aliphatic imine (C=N–C) groups is 1. The van der Waals surface area contributed by atoms with Crippen molar-refractivity contribution < 1.29 is 13.9 Å². The molecule has 1 aliphatic heterocycles. The van der Waals surface area contributed by atoms with Crippen LogP contribution in [0.4, 0.5) is 15.8 Å². The normalized spacial score (nSPS) is 14.1. The minimum atomic E-state index is -0.382. The number of aromatic nitrogens is 3. The summed E-state index contributed by atoms with van der Waals surface area (Å²) in [4.78, 5) is 32.5. The molecule has 4 aromatic rings. The minimum absolute atomic E-state index is 0.261. The first kappa shape index (κ1) is 25.6. The van der Waals surface area contributed by atoms with Crippen LogP contribution in [0.5, 0.6) is 0 Å². The molecule has 0 bridgehead atoms. The highest BCUT2D eigenvalue weighted by atomic mass is 32.1. The number of carbonyl (C=O) groups is 1. The summed E-state index contributed by atoms with van der Waals surface area (Å²) in [5.74, 6) is -0.732. The van der Waals surface area contributed by atoms with Crippen LogP contribution in [0.1, 0.15) is 16.1 Å². The van der Waals surface area contributed by atoms with Gasteiger partial charge in [0.1, 0.15) is 22.8 Å². The number of morpholine rings is 1. The van der Waals surface area contributed by atoms with E-state index in [1.165, 1.54) is 29.8 Å². The standard InChI is InChI=1S/C27H26FN7O2S/c28-21-3-1-18(2-4-21)22-12-23(29)19(13-30-5-6-35-7-9-37-10-8-35)11-24(22)33-26(36)25-16-38-27(34-25)20-14-31-17-32-15-20/h1-4,11-17H,5-10,29H2,(H,33,36). The zero-order valence-electron chi connectivity index (χ0n) is 20.5. The fourth-order valence-electron chi connectivity index (χ4n) is 4.01. The number of carbonyl (C=O) groups excluding carboxylic acids is 1. The highest BCUT2D eigenvalue weighted by Gasteiger charge is 2.17. The first-order valence-electron chi connectivity index (χ1n) is 12.1. The topological polar surface area (TPSA) is 119 Å². The Kier molecular flexibility index (Phi) is 8.07. The van der Waals surface area contributed by atoms with E-state index >= 15 is 0 Å². The Morgan fingerprint density at radius 3 is 2.68 bits per heavy atom. The number of amides is 1. The van der Waals surface area contributed by atoms with E-state index < -0.39 is 0 Å². The Morgan fingerprint density at radius 2 is 1.92 bits per heavy atom. The number of hydrogen-bond donors (Lipinski definition) is 2. The van der Waals surface area contributed by atoms with Gasteiger partial charge in [0.25, 0.3) is 5.91 Å². The molecular weight excluding hydrogens is 505 g/mol. The number of thiazole rings is 1. The summed E-state index contributed by atoms with van der Waals surface area (Å²) in [6.45, 7) is 4.72. The average Bonchev–Trinajstić information content (AvgIpc) is 3.45. The SMILES string of the molecule is Nc1cc(-c2ccc(F)cc2)c(NC(=O)c2csc(-c3cncnc3)n2)cc1C=NCCN1CCOCC1. The molecule has 2 aromatic heterocycles. The van der Waals surface area contributed by atoms with Crippen LogP contribution < -0.4 is 11.1 Å². The first-order valence-corrected chi connectivity index (χ1v) is 13.0. The molecule has 1 aliphatic rings. The lowest BCUT2D eigenvalue weighted by Crippen LogP contribution is -2.37. The van der Waals surface area contributed by atoms with Crippen molar-refractivity contribution in [3.63, 3.8) is 0 Å². The Hall–Kier alpha value is -4.06. The predicted molar refractivity (Wildman–Crippen MR) is 147 cm³/mol. The molecule has 3 heterocycles. The van der Waals surface area contributed by atoms with Crippen LogP contribution in [0.15, 0.2) is 65.5 Å². The maximum atomic E-state index is 13.6. The number of rotatable bonds is 8. The predicted octanol–water partition coefficient (Wildman–Crippen LogP) is 3.99. The third-order valence-corrected chi connectivity index (χ3v) is 6.94. The van der Waals surface area contributed by atoms with Gasteiger partial charge < -0.3 is 15.8 Å². The number of benzene rings is 2. The van der Waals surface area contributed by atoms with Crippen LogP contribution in [0.2, 0.25) is 0 Å². The molecule has 2 aromatic carbocycles. The third-order valence-electron chi connectivity index (χ3n) is 6.05. The molecule has 38 heavy (non-hydrogen) atoms. The van der Waals surface area contributed by atoms with Gasteiger partial charge in [-0.1, -0.05) is 12.1 Å². The zero-order valence-corrected chi connectivity index (χ0v) is 21.3. The van der Waals surface area contributed by atoms with Crippen molar-refractivity contribution in [2.75, 3.05) is 50.4 Å². The molecule has 0 radical (unpaired) electrons. The van der Waals surface area contributed by atoms with Gasteiger partial charge in [0.15, 0.2) is 0 Å². The molecule has 0 aliphatic carbocycles. The van der Waals surface area contributed by atoms with Gasteiger partial charge in [-0.05, 0) is 29.8 Å². The minimum Gasteiger partial charge on any atom is -0.398 e. The van der Waals surface area contributed by atoms with Gasteiger partial charge in [-0.2, -0.15) is 0 Å². The molecule has 5 rings (SSSR count). The second-order valence-corrected chi connectivity index (χ2v) is 9.50. The quantitative estimate of drug-likeness (QED) is 0.261. The summed E-state index contributed by atoms with van der Waals surface area (Å²) in [5.41, 5.74) is 10.4. The van der Waals surface area contributed by atoms with E-state index in [0.29, 0.717) is 39.6 Å². The summed E-state index contributed by atoms with van der Waals surface area (Å²) in [6, 6.07) is 9.57. The van der Waals surface area contributed by atoms with Crippen LogP contribution in [-0.2, 0) is 4.74 Å². The van der Waals surface area contributed by atoms with Crippen LogP contribution in [0.25, 0.3) is 21.7 Å². The van der Waals surface area contributed by atoms with Gasteiger partial charge in [-0.3, -0.25) is 14.7 Å². The molecule has 0 unspecified atom stereocenters. The van der Waals surface area contributed by atoms with E-state index in [0.717, 1.165) is 38.4 Å². The number of hydrogen-bond acceptors (Lipinski definition) is 9. The lowest BCUT2D eigenvalue weighted by Gasteiger charge is -2.25. The Balaban J connectivity index is 1.39. The molecule has 9 nitrogen and oxygen atoms in total. The summed E-state index contributed by atoms with van der Waals surface area (Å²) in [7, 11) is 0. The van der Waals surface area contributed by atoms with Crippen molar-refractivity contribution in [1.29, 1.82) is 0 Å². The third kappa shape index (κ3) is 6.25. The van der Waals surface area contributed by atoms with Crippen molar-refractivity contribution in [3.05, 3.63) is 77.6 Å². The molecule has 3 N–H and O–H groups in total. The van der Waals surface area contributed by atoms with Crippen LogP contribution in [0, 0.1) is 5.82 Å². The Morgan fingerprint density at radius 1 is 1.16 bits per heavy atom. The highest BCUT2D eigenvalue weighted by Crippen LogP contribution is 2.33. The summed E-state index contributed by atoms with van der Waals surface area (Å²) in [5, 5.41) is 5.28. The molecule has 194 valence electrons. The molecule has 0 atom stereocenters. The van der Waals surface area contributed by atoms with Gasteiger partial charge in [-0.15, -0.1) is 11.3 Å². The summed E-state index contributed by atoms with van der Waals surface area (Å²) < 4.78 is 19.0. The fraction of sp³-hybridized carbons (Fsp3) is 0.222. The van der Waals surface area contributed by atoms with Crippen molar-refractivity contribution in [2.45, 2.75) is 0 Å². The lowest BCUT2D eigenvalue weighted by molar-refractivity contribution is 0.0395. The number of nitrogen functional groups attached to an aromatic ring is 1. The van der Waals surface area contributed by atoms with Crippen LogP contribution >= 0.6 is 11.3 Å². The second kappa shape index (κ2) is 12.0. The van der Waals surface area contributed by atoms with Gasteiger partial charge in [0.2, 0.25) is 0 Å². The Bertz CT molecular complexity index is 1420. The molecular formula is C27H26FN7O2S. The van der Waals surface area contributed by atoms with E-state index in [4.69, 9.17) is 10.5 Å². The van der Waals surface area contributed by atoms with Crippen molar-refractivity contribution in [2.24, 2.45) is 4.99 Å². The van der Waals surface area contributed by atoms with E-state index in [9.17, 15) is 9.18 Å². The first-order chi connectivity index (χ1) is 18.6. The van der Waals surface area contributed by atoms with Crippen molar-refractivity contribution in [1.82, 2.24) is 19.9 Å². The molecule has 1 fully saturated rings. The van der Waals surface area contributed by atoms with Gasteiger partial charge in [0, 0.05) is 71.7 Å². The molecule has 1 amide bonds. The van der Waals surface area contributed by atoms with Gasteiger partial charge >= 0.3 is 0 Å². The van der Waals surface area contributed by atoms with E-state index in [1.807, 2.05) is 0 Å². The highest BCUT2D eigenvalue weighted by molar-refractivity contribution is 7.13. The molecule has 1 saturated heterocycles. The van der Waals surface area contributed by atoms with E-state index in [2.05, 4.69) is 30.2 Å². The molecule has 11 heteroatoms. The van der Waals surface area contributed by atoms with Gasteiger partial charge in [0.05, 0.1) is 19.8 Å². The monoisotopic (exact) mass is 531 g/mol. The molecule has 0 spiro atoms. The number of halogens is 1. The smallest absolute Gasteiger partial charge is 0.275 e. The van der Waals surface area contributed by atoms with Gasteiger partial charge in [-0.25, -0.2) is 19.3 Å². The largest absolute Gasteiger partial charge is 0.398 e. The van der Waals surface area contributed by atoms with E-state index in [-0.39, 0.29) is 17.4 Å². The number of nitrogens with one attached hydrogen (secondary N) is 1. The molecule has 0 saturated carbocycles. The fourth-order valence-corrected chi connectivity index (χ4v) is 4.79. The summed E-state index contributed by atoms with van der Waals surface area (Å²) >= 11 is 1.33. The number of ether oxygens (including phenoxy) is 1. The van der Waals surface area contributed by atoms with E-state index in [1.54, 1.807) is 48.3 Å². The maximum Gasteiger partial charge on any atom is 0.275 e. The maximum absolute atomic E-state index is 13.6. The van der Waals surface area contributed by atoms with Crippen LogP contribution in [0.3, 0.4) is 0 Å². The number of nitrogens with two attached hydrogens (primary N) is 1. The summed E-state index contributed by atoms with van der Waals surface area (Å²) in [6.07, 6.45) is 6.44. The van der Waals surface area contributed by atoms with Crippen molar-refractivity contribution >= 4 is 34.8 Å².